The molecule has 0 aromatic carbocycles. The van der Waals surface area contributed by atoms with Gasteiger partial charge in [0.05, 0.1) is 12.2 Å². The lowest BCUT2D eigenvalue weighted by molar-refractivity contribution is -0.139. The number of ketones is 2. The van der Waals surface area contributed by atoms with Crippen LogP contribution in [-0.4, -0.2) is 34.0 Å². The summed E-state index contributed by atoms with van der Waals surface area (Å²) in [5.41, 5.74) is -1.53. The quantitative estimate of drug-likeness (QED) is 0.772. The van der Waals surface area contributed by atoms with E-state index in [1.807, 2.05) is 6.92 Å². The molecule has 2 N–H and O–H groups in total. The van der Waals surface area contributed by atoms with E-state index in [-0.39, 0.29) is 29.5 Å². The first kappa shape index (κ1) is 16.3. The Balaban J connectivity index is 2.58. The van der Waals surface area contributed by atoms with Crippen LogP contribution in [0.1, 0.15) is 59.3 Å². The van der Waals surface area contributed by atoms with Crippen molar-refractivity contribution in [2.75, 3.05) is 6.61 Å². The first-order valence-electron chi connectivity index (χ1n) is 7.07. The Morgan fingerprint density at radius 3 is 2.63 bits per heavy atom. The summed E-state index contributed by atoms with van der Waals surface area (Å²) in [5, 5.41) is 19.2. The first-order valence-corrected chi connectivity index (χ1v) is 7.07. The molecule has 4 nitrogen and oxygen atoms in total. The van der Waals surface area contributed by atoms with Gasteiger partial charge in [-0.2, -0.15) is 0 Å². The second-order valence-electron chi connectivity index (χ2n) is 6.49. The highest BCUT2D eigenvalue weighted by Gasteiger charge is 2.43. The number of hydrogen-bond acceptors (Lipinski definition) is 4. The molecule has 1 saturated carbocycles. The van der Waals surface area contributed by atoms with Gasteiger partial charge in [-0.25, -0.2) is 0 Å². The van der Waals surface area contributed by atoms with Gasteiger partial charge in [0.25, 0.3) is 0 Å². The van der Waals surface area contributed by atoms with Crippen molar-refractivity contribution in [1.82, 2.24) is 0 Å². The average Bonchev–Trinajstić information content (AvgIpc) is 2.32. The van der Waals surface area contributed by atoms with Gasteiger partial charge < -0.3 is 15.0 Å². The number of Topliss-reactive ketones (excluding diaryl/α,β-unsaturated/α-hetero) is 2. The molecule has 1 aliphatic rings. The highest BCUT2D eigenvalue weighted by Crippen LogP contribution is 2.42. The smallest absolute Gasteiger partial charge is 0.139 e. The van der Waals surface area contributed by atoms with Crippen molar-refractivity contribution in [2.24, 2.45) is 11.3 Å². The normalized spacial score (nSPS) is 31.0. The van der Waals surface area contributed by atoms with Crippen molar-refractivity contribution < 1.29 is 19.8 Å². The molecule has 1 aliphatic carbocycles. The molecule has 0 aromatic heterocycles. The standard InChI is InChI=1S/C15H26O4/c1-11(17)5-4-7-14(2)8-6-12(9-13(14)18)15(3,19)10-16/h12,16,19H,4-10H2,1-3H3/t12-,14+,15+/m0/s1. The minimum absolute atomic E-state index is 0.154. The summed E-state index contributed by atoms with van der Waals surface area (Å²) in [6.07, 6.45) is 3.81. The second kappa shape index (κ2) is 6.14. The number of carbonyl (C=O) groups is 2. The van der Waals surface area contributed by atoms with Crippen LogP contribution in [0.25, 0.3) is 0 Å². The minimum atomic E-state index is -1.17. The summed E-state index contributed by atoms with van der Waals surface area (Å²) < 4.78 is 0. The summed E-state index contributed by atoms with van der Waals surface area (Å²) in [4.78, 5) is 23.2. The molecular formula is C15H26O4. The predicted octanol–water partition coefficient (Wildman–Crippen LogP) is 1.86. The fraction of sp³-hybridized carbons (Fsp3) is 0.867. The van der Waals surface area contributed by atoms with Crippen molar-refractivity contribution in [3.63, 3.8) is 0 Å². The van der Waals surface area contributed by atoms with E-state index < -0.39 is 5.60 Å². The van der Waals surface area contributed by atoms with Crippen LogP contribution in [0.5, 0.6) is 0 Å². The lowest BCUT2D eigenvalue weighted by Crippen LogP contribution is -2.45. The third kappa shape index (κ3) is 4.11. The molecule has 0 saturated heterocycles. The molecule has 0 spiro atoms. The molecule has 0 amide bonds. The number of carbonyl (C=O) groups excluding carboxylic acids is 2. The lowest BCUT2D eigenvalue weighted by atomic mass is 9.65. The van der Waals surface area contributed by atoms with E-state index in [4.69, 9.17) is 5.11 Å². The molecule has 3 atom stereocenters. The Bertz CT molecular complexity index is 348. The van der Waals surface area contributed by atoms with Gasteiger partial charge in [-0.15, -0.1) is 0 Å². The Morgan fingerprint density at radius 2 is 2.16 bits per heavy atom. The minimum Gasteiger partial charge on any atom is -0.393 e. The molecule has 0 heterocycles. The monoisotopic (exact) mass is 270 g/mol. The third-order valence-electron chi connectivity index (χ3n) is 4.61. The van der Waals surface area contributed by atoms with Gasteiger partial charge in [0, 0.05) is 18.3 Å². The van der Waals surface area contributed by atoms with Crippen LogP contribution in [0.15, 0.2) is 0 Å². The first-order chi connectivity index (χ1) is 8.71. The van der Waals surface area contributed by atoms with Gasteiger partial charge >= 0.3 is 0 Å². The average molecular weight is 270 g/mol. The number of aliphatic hydroxyl groups excluding tert-OH is 1. The molecular weight excluding hydrogens is 244 g/mol. The zero-order valence-electron chi connectivity index (χ0n) is 12.2. The van der Waals surface area contributed by atoms with E-state index in [1.54, 1.807) is 13.8 Å². The zero-order valence-corrected chi connectivity index (χ0v) is 12.2. The van der Waals surface area contributed by atoms with E-state index in [0.29, 0.717) is 12.8 Å². The topological polar surface area (TPSA) is 74.6 Å². The highest BCUT2D eigenvalue weighted by molar-refractivity contribution is 5.85. The van der Waals surface area contributed by atoms with Crippen molar-refractivity contribution in [3.8, 4) is 0 Å². The maximum Gasteiger partial charge on any atom is 0.139 e. The van der Waals surface area contributed by atoms with Crippen LogP contribution in [-0.2, 0) is 9.59 Å². The fourth-order valence-electron chi connectivity index (χ4n) is 2.86. The van der Waals surface area contributed by atoms with Crippen LogP contribution in [0.2, 0.25) is 0 Å². The Hall–Kier alpha value is -0.740. The summed E-state index contributed by atoms with van der Waals surface area (Å²) in [6, 6.07) is 0. The third-order valence-corrected chi connectivity index (χ3v) is 4.61. The van der Waals surface area contributed by atoms with Crippen molar-refractivity contribution in [3.05, 3.63) is 0 Å². The molecule has 110 valence electrons. The summed E-state index contributed by atoms with van der Waals surface area (Å²) in [7, 11) is 0. The predicted molar refractivity (Wildman–Crippen MR) is 72.7 cm³/mol. The van der Waals surface area contributed by atoms with Crippen molar-refractivity contribution in [1.29, 1.82) is 0 Å². The zero-order chi connectivity index (χ0) is 14.7. The van der Waals surface area contributed by atoms with E-state index in [1.165, 1.54) is 0 Å². The van der Waals surface area contributed by atoms with Crippen LogP contribution in [0.3, 0.4) is 0 Å². The van der Waals surface area contributed by atoms with Crippen molar-refractivity contribution >= 4 is 11.6 Å². The molecule has 1 fully saturated rings. The number of aliphatic hydroxyl groups is 2. The molecule has 0 aliphatic heterocycles. The highest BCUT2D eigenvalue weighted by atomic mass is 16.3. The van der Waals surface area contributed by atoms with Crippen molar-refractivity contribution in [2.45, 2.75) is 64.9 Å². The molecule has 0 bridgehead atoms. The van der Waals surface area contributed by atoms with E-state index in [0.717, 1.165) is 25.7 Å². The fourth-order valence-corrected chi connectivity index (χ4v) is 2.86. The van der Waals surface area contributed by atoms with Gasteiger partial charge in [-0.1, -0.05) is 6.92 Å². The summed E-state index contributed by atoms with van der Waals surface area (Å²) >= 11 is 0. The van der Waals surface area contributed by atoms with Crippen LogP contribution >= 0.6 is 0 Å². The van der Waals surface area contributed by atoms with Gasteiger partial charge in [-0.05, 0) is 45.4 Å². The maximum atomic E-state index is 12.3. The largest absolute Gasteiger partial charge is 0.393 e. The SMILES string of the molecule is CC(=O)CCC[C@]1(C)CC[C@H]([C@](C)(O)CO)CC1=O. The van der Waals surface area contributed by atoms with Crippen LogP contribution in [0.4, 0.5) is 0 Å². The van der Waals surface area contributed by atoms with E-state index >= 15 is 0 Å². The molecule has 0 radical (unpaired) electrons. The Kier molecular flexibility index (Phi) is 5.27. The summed E-state index contributed by atoms with van der Waals surface area (Å²) in [6.45, 7) is 4.80. The molecule has 19 heavy (non-hydrogen) atoms. The van der Waals surface area contributed by atoms with Gasteiger partial charge in [-0.3, -0.25) is 4.79 Å². The summed E-state index contributed by atoms with van der Waals surface area (Å²) in [5.74, 6) is 0.153. The molecule has 1 rings (SSSR count). The maximum absolute atomic E-state index is 12.3. The Labute approximate surface area is 115 Å². The Morgan fingerprint density at radius 1 is 1.53 bits per heavy atom. The van der Waals surface area contributed by atoms with E-state index in [2.05, 4.69) is 0 Å². The van der Waals surface area contributed by atoms with Gasteiger partial charge in [0.2, 0.25) is 0 Å². The number of rotatable bonds is 6. The lowest BCUT2D eigenvalue weighted by Gasteiger charge is -2.41. The molecule has 4 heteroatoms. The van der Waals surface area contributed by atoms with Gasteiger partial charge in [0.15, 0.2) is 0 Å². The van der Waals surface area contributed by atoms with Crippen LogP contribution in [0, 0.1) is 11.3 Å². The van der Waals surface area contributed by atoms with Crippen LogP contribution < -0.4 is 0 Å². The van der Waals surface area contributed by atoms with E-state index in [9.17, 15) is 14.7 Å². The number of hydrogen-bond donors (Lipinski definition) is 2. The second-order valence-corrected chi connectivity index (χ2v) is 6.49. The molecule has 0 aromatic rings. The van der Waals surface area contributed by atoms with Gasteiger partial charge in [0.1, 0.15) is 11.6 Å². The molecule has 0 unspecified atom stereocenters.